The van der Waals surface area contributed by atoms with Gasteiger partial charge in [-0.25, -0.2) is 0 Å². The molecule has 1 nitrogen and oxygen atoms in total. The highest BCUT2D eigenvalue weighted by Crippen LogP contribution is 2.35. The molecule has 0 amide bonds. The summed E-state index contributed by atoms with van der Waals surface area (Å²) in [4.78, 5) is 0. The Labute approximate surface area is 95.0 Å². The molecule has 0 aromatic heterocycles. The van der Waals surface area contributed by atoms with E-state index in [2.05, 4.69) is 12.4 Å². The Balaban J connectivity index is 1.79. The van der Waals surface area contributed by atoms with Gasteiger partial charge in [0.15, 0.2) is 0 Å². The van der Waals surface area contributed by atoms with E-state index in [-0.39, 0.29) is 0 Å². The van der Waals surface area contributed by atoms with E-state index in [0.717, 1.165) is 17.9 Å². The first-order valence-corrected chi connectivity index (χ1v) is 7.07. The average molecular weight is 209 g/mol. The van der Waals surface area contributed by atoms with Gasteiger partial charge in [-0.05, 0) is 38.1 Å². The molecule has 0 heterocycles. The van der Waals surface area contributed by atoms with Crippen LogP contribution in [0.15, 0.2) is 0 Å². The molecule has 0 aromatic rings. The fourth-order valence-corrected chi connectivity index (χ4v) is 3.72. The first kappa shape index (κ1) is 11.4. The highest BCUT2D eigenvalue weighted by molar-refractivity contribution is 4.82. The zero-order valence-corrected chi connectivity index (χ0v) is 10.3. The topological polar surface area (TPSA) is 12.0 Å². The molecule has 0 radical (unpaired) electrons. The van der Waals surface area contributed by atoms with Gasteiger partial charge in [-0.2, -0.15) is 0 Å². The second kappa shape index (κ2) is 5.89. The number of hydrogen-bond acceptors (Lipinski definition) is 1. The van der Waals surface area contributed by atoms with E-state index in [0.29, 0.717) is 0 Å². The van der Waals surface area contributed by atoms with Gasteiger partial charge in [0.25, 0.3) is 0 Å². The maximum absolute atomic E-state index is 3.54. The molecule has 88 valence electrons. The summed E-state index contributed by atoms with van der Waals surface area (Å²) in [5, 5.41) is 3.54. The van der Waals surface area contributed by atoms with E-state index in [1.54, 1.807) is 0 Å². The summed E-state index contributed by atoms with van der Waals surface area (Å²) in [7, 11) is 2.16. The molecule has 0 spiro atoms. The van der Waals surface area contributed by atoms with Crippen molar-refractivity contribution in [1.29, 1.82) is 0 Å². The van der Waals surface area contributed by atoms with Crippen molar-refractivity contribution in [2.45, 2.75) is 70.3 Å². The molecule has 0 bridgehead atoms. The van der Waals surface area contributed by atoms with Gasteiger partial charge in [0.1, 0.15) is 0 Å². The van der Waals surface area contributed by atoms with Gasteiger partial charge in [-0.3, -0.25) is 0 Å². The predicted molar refractivity (Wildman–Crippen MR) is 66.0 cm³/mol. The van der Waals surface area contributed by atoms with E-state index in [9.17, 15) is 0 Å². The van der Waals surface area contributed by atoms with Crippen LogP contribution >= 0.6 is 0 Å². The van der Waals surface area contributed by atoms with Gasteiger partial charge in [-0.1, -0.05) is 44.9 Å². The SMILES string of the molecule is CNC1CCCCC1CC1CCCCC1. The van der Waals surface area contributed by atoms with Gasteiger partial charge < -0.3 is 5.32 Å². The minimum Gasteiger partial charge on any atom is -0.317 e. The van der Waals surface area contributed by atoms with E-state index >= 15 is 0 Å². The van der Waals surface area contributed by atoms with Gasteiger partial charge in [0.2, 0.25) is 0 Å². The Morgan fingerprint density at radius 2 is 1.53 bits per heavy atom. The van der Waals surface area contributed by atoms with Crippen LogP contribution in [0.4, 0.5) is 0 Å². The minimum absolute atomic E-state index is 0.834. The Kier molecular flexibility index (Phi) is 4.49. The van der Waals surface area contributed by atoms with Crippen molar-refractivity contribution in [2.24, 2.45) is 11.8 Å². The van der Waals surface area contributed by atoms with Crippen molar-refractivity contribution in [3.63, 3.8) is 0 Å². The van der Waals surface area contributed by atoms with Crippen molar-refractivity contribution in [1.82, 2.24) is 5.32 Å². The van der Waals surface area contributed by atoms with Crippen LogP contribution in [0.2, 0.25) is 0 Å². The molecule has 2 unspecified atom stereocenters. The molecular formula is C14H27N. The van der Waals surface area contributed by atoms with Gasteiger partial charge >= 0.3 is 0 Å². The average Bonchev–Trinajstić information content (AvgIpc) is 2.31. The molecule has 1 N–H and O–H groups in total. The van der Waals surface area contributed by atoms with E-state index in [4.69, 9.17) is 0 Å². The van der Waals surface area contributed by atoms with Crippen LogP contribution < -0.4 is 5.32 Å². The van der Waals surface area contributed by atoms with E-state index < -0.39 is 0 Å². The first-order valence-electron chi connectivity index (χ1n) is 7.07. The number of rotatable bonds is 3. The monoisotopic (exact) mass is 209 g/mol. The summed E-state index contributed by atoms with van der Waals surface area (Å²) in [6.07, 6.45) is 14.9. The van der Waals surface area contributed by atoms with Gasteiger partial charge in [0.05, 0.1) is 0 Å². The largest absolute Gasteiger partial charge is 0.317 e. The molecule has 0 saturated heterocycles. The third-order valence-electron chi connectivity index (χ3n) is 4.64. The number of nitrogens with one attached hydrogen (secondary N) is 1. The predicted octanol–water partition coefficient (Wildman–Crippen LogP) is 3.74. The molecule has 2 aliphatic rings. The standard InChI is InChI=1S/C14H27N/c1-15-14-10-6-5-9-13(14)11-12-7-3-2-4-8-12/h12-15H,2-11H2,1H3. The van der Waals surface area contributed by atoms with Crippen LogP contribution in [0, 0.1) is 11.8 Å². The maximum atomic E-state index is 3.54. The zero-order valence-electron chi connectivity index (χ0n) is 10.3. The van der Waals surface area contributed by atoms with Crippen molar-refractivity contribution >= 4 is 0 Å². The molecule has 0 aliphatic heterocycles. The summed E-state index contributed by atoms with van der Waals surface area (Å²) in [5.41, 5.74) is 0. The lowest BCUT2D eigenvalue weighted by Gasteiger charge is -2.35. The quantitative estimate of drug-likeness (QED) is 0.746. The van der Waals surface area contributed by atoms with Gasteiger partial charge in [0, 0.05) is 6.04 Å². The van der Waals surface area contributed by atoms with Crippen molar-refractivity contribution in [2.75, 3.05) is 7.05 Å². The molecule has 0 aromatic carbocycles. The molecular weight excluding hydrogens is 182 g/mol. The van der Waals surface area contributed by atoms with E-state index in [1.807, 2.05) is 0 Å². The third-order valence-corrected chi connectivity index (χ3v) is 4.64. The molecule has 2 fully saturated rings. The van der Waals surface area contributed by atoms with Crippen LogP contribution in [0.25, 0.3) is 0 Å². The van der Waals surface area contributed by atoms with Crippen LogP contribution in [-0.4, -0.2) is 13.1 Å². The Hall–Kier alpha value is -0.0400. The summed E-state index contributed by atoms with van der Waals surface area (Å²) in [6, 6.07) is 0.834. The van der Waals surface area contributed by atoms with E-state index in [1.165, 1.54) is 64.2 Å². The molecule has 2 saturated carbocycles. The van der Waals surface area contributed by atoms with Crippen LogP contribution in [0.3, 0.4) is 0 Å². The van der Waals surface area contributed by atoms with Crippen LogP contribution in [0.1, 0.15) is 64.2 Å². The lowest BCUT2D eigenvalue weighted by atomic mass is 9.75. The minimum atomic E-state index is 0.834. The lowest BCUT2D eigenvalue weighted by Crippen LogP contribution is -2.37. The normalized spacial score (nSPS) is 34.2. The molecule has 2 aliphatic carbocycles. The van der Waals surface area contributed by atoms with Gasteiger partial charge in [-0.15, -0.1) is 0 Å². The highest BCUT2D eigenvalue weighted by Gasteiger charge is 2.26. The van der Waals surface area contributed by atoms with Crippen molar-refractivity contribution in [3.05, 3.63) is 0 Å². The highest BCUT2D eigenvalue weighted by atomic mass is 14.9. The molecule has 2 rings (SSSR count). The zero-order chi connectivity index (χ0) is 10.5. The Bertz CT molecular complexity index is 172. The second-order valence-electron chi connectivity index (χ2n) is 5.68. The summed E-state index contributed by atoms with van der Waals surface area (Å²) < 4.78 is 0. The Morgan fingerprint density at radius 1 is 0.867 bits per heavy atom. The fourth-order valence-electron chi connectivity index (χ4n) is 3.72. The fraction of sp³-hybridized carbons (Fsp3) is 1.00. The molecule has 15 heavy (non-hydrogen) atoms. The summed E-state index contributed by atoms with van der Waals surface area (Å²) in [6.45, 7) is 0. The molecule has 2 atom stereocenters. The molecule has 1 heteroatoms. The number of hydrogen-bond donors (Lipinski definition) is 1. The third kappa shape index (κ3) is 3.21. The Morgan fingerprint density at radius 3 is 2.27 bits per heavy atom. The van der Waals surface area contributed by atoms with Crippen molar-refractivity contribution in [3.8, 4) is 0 Å². The smallest absolute Gasteiger partial charge is 0.00924 e. The van der Waals surface area contributed by atoms with Crippen molar-refractivity contribution < 1.29 is 0 Å². The first-order chi connectivity index (χ1) is 7.40. The van der Waals surface area contributed by atoms with Crippen LogP contribution in [-0.2, 0) is 0 Å². The summed E-state index contributed by atoms with van der Waals surface area (Å²) in [5.74, 6) is 2.06. The summed E-state index contributed by atoms with van der Waals surface area (Å²) >= 11 is 0. The lowest BCUT2D eigenvalue weighted by molar-refractivity contribution is 0.203. The second-order valence-corrected chi connectivity index (χ2v) is 5.68. The van der Waals surface area contributed by atoms with Crippen LogP contribution in [0.5, 0.6) is 0 Å². The maximum Gasteiger partial charge on any atom is 0.00924 e.